The zero-order valence-corrected chi connectivity index (χ0v) is 18.5. The number of urea groups is 1. The Morgan fingerprint density at radius 2 is 2.00 bits per heavy atom. The van der Waals surface area contributed by atoms with Crippen LogP contribution in [0.1, 0.15) is 36.3 Å². The van der Waals surface area contributed by atoms with Crippen molar-refractivity contribution in [3.63, 3.8) is 0 Å². The van der Waals surface area contributed by atoms with E-state index in [0.717, 1.165) is 28.3 Å². The maximum atomic E-state index is 13.5. The highest BCUT2D eigenvalue weighted by molar-refractivity contribution is 6.31. The minimum Gasteiger partial charge on any atom is -0.380 e. The van der Waals surface area contributed by atoms with Crippen LogP contribution in [0.2, 0.25) is 5.02 Å². The third kappa shape index (κ3) is 3.63. The number of carbonyl (C=O) groups is 2. The Labute approximate surface area is 191 Å². The van der Waals surface area contributed by atoms with Crippen LogP contribution in [0, 0.1) is 5.92 Å². The van der Waals surface area contributed by atoms with Crippen LogP contribution in [0.3, 0.4) is 0 Å². The van der Waals surface area contributed by atoms with E-state index >= 15 is 0 Å². The number of fused-ring (bicyclic) bond motifs is 2. The van der Waals surface area contributed by atoms with Crippen molar-refractivity contribution in [2.24, 2.45) is 5.92 Å². The van der Waals surface area contributed by atoms with E-state index in [0.29, 0.717) is 30.2 Å². The molecule has 1 N–H and O–H groups in total. The molecule has 0 bridgehead atoms. The number of aromatic nitrogens is 1. The minimum atomic E-state index is -0.394. The van der Waals surface area contributed by atoms with Gasteiger partial charge in [-0.1, -0.05) is 48.0 Å². The number of ether oxygens (including phenoxy) is 1. The maximum Gasteiger partial charge on any atom is 0.329 e. The molecule has 7 heteroatoms. The fraction of sp³-hybridized carbons (Fsp3) is 0.320. The minimum absolute atomic E-state index is 0.158. The number of pyridine rings is 1. The molecule has 2 heterocycles. The Morgan fingerprint density at radius 3 is 2.84 bits per heavy atom. The number of anilines is 1. The highest BCUT2D eigenvalue weighted by atomic mass is 35.5. The van der Waals surface area contributed by atoms with E-state index in [1.165, 1.54) is 4.90 Å². The van der Waals surface area contributed by atoms with Gasteiger partial charge in [0.2, 0.25) is 5.91 Å². The predicted octanol–water partition coefficient (Wildman–Crippen LogP) is 5.04. The fourth-order valence-corrected chi connectivity index (χ4v) is 5.34. The lowest BCUT2D eigenvalue weighted by molar-refractivity contribution is -0.124. The van der Waals surface area contributed by atoms with Crippen molar-refractivity contribution < 1.29 is 14.3 Å². The first-order valence-corrected chi connectivity index (χ1v) is 11.2. The highest BCUT2D eigenvalue weighted by Crippen LogP contribution is 2.42. The molecule has 3 aromatic rings. The number of rotatable bonds is 4. The predicted molar refractivity (Wildman–Crippen MR) is 124 cm³/mol. The molecular formula is C25H24ClN3O3. The number of hydrogen-bond donors (Lipinski definition) is 1. The van der Waals surface area contributed by atoms with Crippen LogP contribution in [0.5, 0.6) is 0 Å². The van der Waals surface area contributed by atoms with Crippen molar-refractivity contribution in [2.75, 3.05) is 12.0 Å². The topological polar surface area (TPSA) is 71.5 Å². The second-order valence-corrected chi connectivity index (χ2v) is 8.92. The van der Waals surface area contributed by atoms with Crippen LogP contribution in [-0.4, -0.2) is 30.1 Å². The number of hydrogen-bond acceptors (Lipinski definition) is 4. The number of halogens is 1. The first-order valence-electron chi connectivity index (χ1n) is 10.8. The van der Waals surface area contributed by atoms with E-state index in [1.54, 1.807) is 19.5 Å². The second kappa shape index (κ2) is 8.52. The smallest absolute Gasteiger partial charge is 0.329 e. The quantitative estimate of drug-likeness (QED) is 0.605. The van der Waals surface area contributed by atoms with Gasteiger partial charge in [-0.2, -0.15) is 0 Å². The normalized spacial score (nSPS) is 23.2. The zero-order chi connectivity index (χ0) is 22.2. The van der Waals surface area contributed by atoms with Crippen LogP contribution in [0.4, 0.5) is 10.5 Å². The van der Waals surface area contributed by atoms with Crippen LogP contribution in [0.15, 0.2) is 54.9 Å². The molecule has 1 aliphatic heterocycles. The summed E-state index contributed by atoms with van der Waals surface area (Å²) in [7, 11) is 1.67. The first-order chi connectivity index (χ1) is 15.6. The van der Waals surface area contributed by atoms with Gasteiger partial charge in [0.1, 0.15) is 0 Å². The molecule has 1 aromatic heterocycles. The van der Waals surface area contributed by atoms with Crippen molar-refractivity contribution in [3.05, 3.63) is 71.0 Å². The van der Waals surface area contributed by atoms with Gasteiger partial charge in [0, 0.05) is 35.1 Å². The summed E-state index contributed by atoms with van der Waals surface area (Å²) in [4.78, 5) is 32.0. The zero-order valence-electron chi connectivity index (χ0n) is 17.8. The van der Waals surface area contributed by atoms with Crippen LogP contribution in [-0.2, 0) is 16.1 Å². The molecule has 1 saturated carbocycles. The third-order valence-electron chi connectivity index (χ3n) is 6.60. The molecule has 1 aliphatic carbocycles. The van der Waals surface area contributed by atoms with Crippen molar-refractivity contribution in [1.29, 1.82) is 0 Å². The van der Waals surface area contributed by atoms with E-state index in [-0.39, 0.29) is 23.8 Å². The first kappa shape index (κ1) is 20.9. The van der Waals surface area contributed by atoms with Gasteiger partial charge in [-0.25, -0.2) is 9.69 Å². The van der Waals surface area contributed by atoms with E-state index < -0.39 is 6.03 Å². The number of nitrogens with one attached hydrogen (secondary N) is 1. The molecule has 0 spiro atoms. The molecule has 6 nitrogen and oxygen atoms in total. The number of methoxy groups -OCH3 is 1. The van der Waals surface area contributed by atoms with Crippen molar-refractivity contribution in [2.45, 2.75) is 37.8 Å². The SMILES string of the molecule is COCc1ccc(Cl)c(C2CCC3C(=O)N(c4cncc5ccccc45)C(=O)NC3C2)c1. The molecular weight excluding hydrogens is 426 g/mol. The van der Waals surface area contributed by atoms with E-state index in [1.807, 2.05) is 36.4 Å². The number of carbonyl (C=O) groups excluding carboxylic acids is 2. The summed E-state index contributed by atoms with van der Waals surface area (Å²) < 4.78 is 5.25. The lowest BCUT2D eigenvalue weighted by Gasteiger charge is -2.42. The van der Waals surface area contributed by atoms with Crippen molar-refractivity contribution in [3.8, 4) is 0 Å². The van der Waals surface area contributed by atoms with Crippen molar-refractivity contribution in [1.82, 2.24) is 10.3 Å². The molecule has 3 amide bonds. The largest absolute Gasteiger partial charge is 0.380 e. The molecule has 3 unspecified atom stereocenters. The Morgan fingerprint density at radius 1 is 1.16 bits per heavy atom. The van der Waals surface area contributed by atoms with Gasteiger partial charge in [0.25, 0.3) is 0 Å². The summed E-state index contributed by atoms with van der Waals surface area (Å²) in [6, 6.07) is 13.0. The molecule has 0 radical (unpaired) electrons. The molecule has 32 heavy (non-hydrogen) atoms. The van der Waals surface area contributed by atoms with E-state index in [9.17, 15) is 9.59 Å². The summed E-state index contributed by atoms with van der Waals surface area (Å²) in [5, 5.41) is 5.53. The Kier molecular flexibility index (Phi) is 5.57. The van der Waals surface area contributed by atoms with Gasteiger partial charge >= 0.3 is 6.03 Å². The number of amides is 3. The van der Waals surface area contributed by atoms with Crippen LogP contribution in [0.25, 0.3) is 10.8 Å². The summed E-state index contributed by atoms with van der Waals surface area (Å²) in [6.07, 6.45) is 5.53. The summed E-state index contributed by atoms with van der Waals surface area (Å²) >= 11 is 6.51. The molecule has 2 fully saturated rings. The summed E-state index contributed by atoms with van der Waals surface area (Å²) in [5.41, 5.74) is 2.65. The number of imide groups is 1. The fourth-order valence-electron chi connectivity index (χ4n) is 5.07. The van der Waals surface area contributed by atoms with Gasteiger partial charge in [-0.3, -0.25) is 9.78 Å². The summed E-state index contributed by atoms with van der Waals surface area (Å²) in [5.74, 6) is -0.238. The lowest BCUT2D eigenvalue weighted by atomic mass is 9.74. The number of nitrogens with zero attached hydrogens (tertiary/aromatic N) is 2. The van der Waals surface area contributed by atoms with Gasteiger partial charge < -0.3 is 10.1 Å². The molecule has 2 aliphatic rings. The highest BCUT2D eigenvalue weighted by Gasteiger charge is 2.45. The Balaban J connectivity index is 1.41. The summed E-state index contributed by atoms with van der Waals surface area (Å²) in [6.45, 7) is 0.520. The van der Waals surface area contributed by atoms with E-state index in [2.05, 4.69) is 16.4 Å². The Hall–Kier alpha value is -2.96. The van der Waals surface area contributed by atoms with Gasteiger partial charge in [0.05, 0.1) is 24.4 Å². The molecule has 3 atom stereocenters. The third-order valence-corrected chi connectivity index (χ3v) is 6.94. The van der Waals surface area contributed by atoms with Crippen molar-refractivity contribution >= 4 is 40.0 Å². The van der Waals surface area contributed by atoms with Gasteiger partial charge in [-0.15, -0.1) is 0 Å². The van der Waals surface area contributed by atoms with Gasteiger partial charge in [0.15, 0.2) is 0 Å². The van der Waals surface area contributed by atoms with E-state index in [4.69, 9.17) is 16.3 Å². The monoisotopic (exact) mass is 449 g/mol. The molecule has 164 valence electrons. The average Bonchev–Trinajstić information content (AvgIpc) is 2.80. The van der Waals surface area contributed by atoms with Gasteiger partial charge in [-0.05, 0) is 42.4 Å². The Bertz CT molecular complexity index is 1190. The molecule has 5 rings (SSSR count). The maximum absolute atomic E-state index is 13.5. The van der Waals surface area contributed by atoms with Crippen LogP contribution >= 0.6 is 11.6 Å². The standard InChI is InChI=1S/C25H24ClN3O3/c1-32-14-15-6-9-21(26)20(10-15)16-7-8-19-22(11-16)28-25(31)29(24(19)30)23-13-27-12-17-4-2-3-5-18(17)23/h2-6,9-10,12-13,16,19,22H,7-8,11,14H2,1H3,(H,28,31). The van der Waals surface area contributed by atoms with Crippen LogP contribution < -0.4 is 10.2 Å². The molecule has 1 saturated heterocycles. The molecule has 2 aromatic carbocycles. The lowest BCUT2D eigenvalue weighted by Crippen LogP contribution is -2.61. The second-order valence-electron chi connectivity index (χ2n) is 8.51. The average molecular weight is 450 g/mol. The number of benzene rings is 2.